The summed E-state index contributed by atoms with van der Waals surface area (Å²) in [5.74, 6) is 1.76. The molecule has 0 unspecified atom stereocenters. The van der Waals surface area contributed by atoms with Gasteiger partial charge in [-0.1, -0.05) is 18.2 Å². The summed E-state index contributed by atoms with van der Waals surface area (Å²) in [6.07, 6.45) is 3.26. The minimum Gasteiger partial charge on any atom is -0.497 e. The largest absolute Gasteiger partial charge is 0.497 e. The Morgan fingerprint density at radius 3 is 2.09 bits per heavy atom. The summed E-state index contributed by atoms with van der Waals surface area (Å²) >= 11 is 0. The van der Waals surface area contributed by atoms with E-state index >= 15 is 0 Å². The first-order valence-corrected chi connectivity index (χ1v) is 6.76. The lowest BCUT2D eigenvalue weighted by Gasteiger charge is -2.07. The molecule has 0 aliphatic carbocycles. The van der Waals surface area contributed by atoms with E-state index in [4.69, 9.17) is 14.2 Å². The van der Waals surface area contributed by atoms with Crippen LogP contribution in [-0.2, 0) is 0 Å². The van der Waals surface area contributed by atoms with Crippen molar-refractivity contribution in [2.24, 2.45) is 0 Å². The van der Waals surface area contributed by atoms with Crippen LogP contribution in [0.4, 0.5) is 0 Å². The molecule has 0 radical (unpaired) electrons. The van der Waals surface area contributed by atoms with Crippen molar-refractivity contribution in [2.45, 2.75) is 0 Å². The van der Waals surface area contributed by atoms with Gasteiger partial charge in [0, 0.05) is 0 Å². The van der Waals surface area contributed by atoms with E-state index in [1.807, 2.05) is 24.3 Å². The van der Waals surface area contributed by atoms with Gasteiger partial charge in [-0.2, -0.15) is 0 Å². The summed E-state index contributed by atoms with van der Waals surface area (Å²) < 4.78 is 15.5. The first-order valence-electron chi connectivity index (χ1n) is 6.76. The van der Waals surface area contributed by atoms with E-state index in [0.717, 1.165) is 11.3 Å². The van der Waals surface area contributed by atoms with Crippen molar-refractivity contribution >= 4 is 11.9 Å². The van der Waals surface area contributed by atoms with Crippen molar-refractivity contribution in [2.75, 3.05) is 21.3 Å². The highest BCUT2D eigenvalue weighted by Crippen LogP contribution is 2.25. The van der Waals surface area contributed by atoms with Gasteiger partial charge in [-0.05, 0) is 42.0 Å². The van der Waals surface area contributed by atoms with Crippen LogP contribution in [0.15, 0.2) is 48.5 Å². The van der Waals surface area contributed by atoms with Crippen LogP contribution in [0, 0.1) is 0 Å². The third kappa shape index (κ3) is 3.67. The lowest BCUT2D eigenvalue weighted by molar-refractivity contribution is 0.104. The van der Waals surface area contributed by atoms with Gasteiger partial charge in [-0.25, -0.2) is 0 Å². The number of carbonyl (C=O) groups is 1. The van der Waals surface area contributed by atoms with Crippen LogP contribution in [0.3, 0.4) is 0 Å². The molecule has 4 heteroatoms. The predicted octanol–water partition coefficient (Wildman–Crippen LogP) is 3.61. The molecule has 22 heavy (non-hydrogen) atoms. The minimum absolute atomic E-state index is 0.147. The van der Waals surface area contributed by atoms with Gasteiger partial charge in [-0.15, -0.1) is 0 Å². The predicted molar refractivity (Wildman–Crippen MR) is 85.9 cm³/mol. The van der Waals surface area contributed by atoms with E-state index in [-0.39, 0.29) is 5.78 Å². The highest BCUT2D eigenvalue weighted by atomic mass is 16.5. The van der Waals surface area contributed by atoms with E-state index in [2.05, 4.69) is 0 Å². The summed E-state index contributed by atoms with van der Waals surface area (Å²) in [4.78, 5) is 12.3. The number of hydrogen-bond acceptors (Lipinski definition) is 4. The van der Waals surface area contributed by atoms with Crippen molar-refractivity contribution in [3.05, 3.63) is 59.7 Å². The second-order valence-corrected chi connectivity index (χ2v) is 4.54. The molecular formula is C18H18O4. The molecule has 2 aromatic rings. The molecule has 0 saturated heterocycles. The van der Waals surface area contributed by atoms with Gasteiger partial charge in [0.15, 0.2) is 5.78 Å². The second-order valence-electron chi connectivity index (χ2n) is 4.54. The molecule has 0 atom stereocenters. The monoisotopic (exact) mass is 298 g/mol. The Balaban J connectivity index is 2.22. The van der Waals surface area contributed by atoms with Gasteiger partial charge < -0.3 is 14.2 Å². The molecule has 0 spiro atoms. The molecule has 0 saturated carbocycles. The second kappa shape index (κ2) is 7.31. The molecular weight excluding hydrogens is 280 g/mol. The van der Waals surface area contributed by atoms with E-state index < -0.39 is 0 Å². The van der Waals surface area contributed by atoms with Crippen molar-refractivity contribution in [3.63, 3.8) is 0 Å². The molecule has 0 heterocycles. The Bertz CT molecular complexity index is 672. The number of methoxy groups -OCH3 is 3. The van der Waals surface area contributed by atoms with Crippen LogP contribution < -0.4 is 14.2 Å². The Kier molecular flexibility index (Phi) is 5.20. The Hall–Kier alpha value is -2.75. The van der Waals surface area contributed by atoms with E-state index in [1.165, 1.54) is 13.2 Å². The summed E-state index contributed by atoms with van der Waals surface area (Å²) in [5, 5.41) is 0. The third-order valence-electron chi connectivity index (χ3n) is 3.22. The summed E-state index contributed by atoms with van der Waals surface area (Å²) in [7, 11) is 4.71. The smallest absolute Gasteiger partial charge is 0.189 e. The molecule has 0 aliphatic rings. The molecule has 2 aromatic carbocycles. The highest BCUT2D eigenvalue weighted by Gasteiger charge is 2.11. The van der Waals surface area contributed by atoms with Crippen LogP contribution in [-0.4, -0.2) is 27.1 Å². The van der Waals surface area contributed by atoms with Crippen LogP contribution in [0.2, 0.25) is 0 Å². The van der Waals surface area contributed by atoms with Gasteiger partial charge in [0.1, 0.15) is 17.2 Å². The average Bonchev–Trinajstić information content (AvgIpc) is 2.59. The van der Waals surface area contributed by atoms with Gasteiger partial charge in [0.05, 0.1) is 26.9 Å². The van der Waals surface area contributed by atoms with Gasteiger partial charge >= 0.3 is 0 Å². The fourth-order valence-corrected chi connectivity index (χ4v) is 1.98. The molecule has 0 amide bonds. The van der Waals surface area contributed by atoms with Crippen molar-refractivity contribution in [1.29, 1.82) is 0 Å². The number of carbonyl (C=O) groups excluding carboxylic acids is 1. The SMILES string of the molecule is COc1ccc(/C=C/C(=O)c2cc(OC)ccc2OC)cc1. The van der Waals surface area contributed by atoms with Gasteiger partial charge in [0.25, 0.3) is 0 Å². The molecule has 114 valence electrons. The number of ketones is 1. The van der Waals surface area contributed by atoms with Crippen molar-refractivity contribution in [3.8, 4) is 17.2 Å². The molecule has 0 fully saturated rings. The van der Waals surface area contributed by atoms with Crippen LogP contribution in [0.25, 0.3) is 6.08 Å². The van der Waals surface area contributed by atoms with Crippen molar-refractivity contribution in [1.82, 2.24) is 0 Å². The molecule has 0 aliphatic heterocycles. The maximum absolute atomic E-state index is 12.3. The highest BCUT2D eigenvalue weighted by molar-refractivity contribution is 6.08. The number of benzene rings is 2. The Labute approximate surface area is 129 Å². The number of allylic oxidation sites excluding steroid dienone is 1. The molecule has 4 nitrogen and oxygen atoms in total. The Morgan fingerprint density at radius 1 is 0.864 bits per heavy atom. The summed E-state index contributed by atoms with van der Waals surface area (Å²) in [6.45, 7) is 0. The fourth-order valence-electron chi connectivity index (χ4n) is 1.98. The first kappa shape index (κ1) is 15.6. The topological polar surface area (TPSA) is 44.8 Å². The minimum atomic E-state index is -0.147. The maximum atomic E-state index is 12.3. The molecule has 0 N–H and O–H groups in total. The van der Waals surface area contributed by atoms with Crippen molar-refractivity contribution < 1.29 is 19.0 Å². The van der Waals surface area contributed by atoms with Gasteiger partial charge in [0.2, 0.25) is 0 Å². The van der Waals surface area contributed by atoms with Crippen LogP contribution in [0.5, 0.6) is 17.2 Å². The average molecular weight is 298 g/mol. The number of rotatable bonds is 6. The van der Waals surface area contributed by atoms with E-state index in [0.29, 0.717) is 17.1 Å². The third-order valence-corrected chi connectivity index (χ3v) is 3.22. The quantitative estimate of drug-likeness (QED) is 0.603. The lowest BCUT2D eigenvalue weighted by atomic mass is 10.1. The van der Waals surface area contributed by atoms with Crippen LogP contribution >= 0.6 is 0 Å². The lowest BCUT2D eigenvalue weighted by Crippen LogP contribution is -1.99. The first-order chi connectivity index (χ1) is 10.7. The standard InChI is InChI=1S/C18H18O4/c1-20-14-7-4-13(5-8-14)6-10-17(19)16-12-15(21-2)9-11-18(16)22-3/h4-12H,1-3H3/b10-6+. The number of hydrogen-bond donors (Lipinski definition) is 0. The summed E-state index contributed by atoms with van der Waals surface area (Å²) in [5.41, 5.74) is 1.38. The van der Waals surface area contributed by atoms with E-state index in [1.54, 1.807) is 38.5 Å². The Morgan fingerprint density at radius 2 is 1.50 bits per heavy atom. The normalized spacial score (nSPS) is 10.5. The van der Waals surface area contributed by atoms with E-state index in [9.17, 15) is 4.79 Å². The fraction of sp³-hybridized carbons (Fsp3) is 0.167. The molecule has 0 aromatic heterocycles. The van der Waals surface area contributed by atoms with Crippen LogP contribution in [0.1, 0.15) is 15.9 Å². The number of ether oxygens (including phenoxy) is 3. The molecule has 2 rings (SSSR count). The van der Waals surface area contributed by atoms with Gasteiger partial charge in [-0.3, -0.25) is 4.79 Å². The zero-order chi connectivity index (χ0) is 15.9. The zero-order valence-electron chi connectivity index (χ0n) is 12.8. The maximum Gasteiger partial charge on any atom is 0.189 e. The zero-order valence-corrected chi connectivity index (χ0v) is 12.8. The summed E-state index contributed by atoms with van der Waals surface area (Å²) in [6, 6.07) is 12.6. The molecule has 0 bridgehead atoms.